The molecule has 0 amide bonds. The van der Waals surface area contributed by atoms with Crippen LogP contribution in [-0.4, -0.2) is 5.88 Å². The molecule has 0 spiro atoms. The number of halogens is 4. The summed E-state index contributed by atoms with van der Waals surface area (Å²) in [5, 5.41) is 0.710. The third-order valence-corrected chi connectivity index (χ3v) is 4.23. The molecule has 2 aromatic rings. The number of rotatable bonds is 4. The lowest BCUT2D eigenvalue weighted by Gasteiger charge is -2.15. The Balaban J connectivity index is 2.18. The van der Waals surface area contributed by atoms with E-state index in [2.05, 4.69) is 15.9 Å². The molecule has 0 aliphatic heterocycles. The molecule has 19 heavy (non-hydrogen) atoms. The molecule has 0 bridgehead atoms. The lowest BCUT2D eigenvalue weighted by atomic mass is 9.93. The van der Waals surface area contributed by atoms with Crippen molar-refractivity contribution in [2.24, 2.45) is 0 Å². The maximum atomic E-state index is 13.2. The van der Waals surface area contributed by atoms with E-state index in [1.165, 1.54) is 6.07 Å². The predicted octanol–water partition coefficient (Wildman–Crippen LogP) is 5.81. The molecule has 1 unspecified atom stereocenters. The third-order valence-electron chi connectivity index (χ3n) is 2.99. The van der Waals surface area contributed by atoms with E-state index >= 15 is 0 Å². The van der Waals surface area contributed by atoms with E-state index in [1.54, 1.807) is 12.1 Å². The van der Waals surface area contributed by atoms with Crippen molar-refractivity contribution in [3.63, 3.8) is 0 Å². The molecule has 0 saturated heterocycles. The molecular weight excluding hydrogens is 350 g/mol. The molecule has 4 heteroatoms. The Morgan fingerprint density at radius 3 is 2.37 bits per heavy atom. The smallest absolute Gasteiger partial charge is 0.137 e. The summed E-state index contributed by atoms with van der Waals surface area (Å²) < 4.78 is 13.7. The second-order valence-corrected chi connectivity index (χ2v) is 5.95. The zero-order valence-electron chi connectivity index (χ0n) is 10.0. The monoisotopic (exact) mass is 360 g/mol. The maximum Gasteiger partial charge on any atom is 0.137 e. The van der Waals surface area contributed by atoms with E-state index in [4.69, 9.17) is 23.2 Å². The lowest BCUT2D eigenvalue weighted by molar-refractivity contribution is 0.619. The molecule has 100 valence electrons. The van der Waals surface area contributed by atoms with Crippen LogP contribution in [0.4, 0.5) is 4.39 Å². The van der Waals surface area contributed by atoms with Gasteiger partial charge in [-0.05, 0) is 57.7 Å². The average molecular weight is 362 g/mol. The molecule has 0 saturated carbocycles. The number of benzene rings is 2. The first-order valence-electron chi connectivity index (χ1n) is 5.85. The third kappa shape index (κ3) is 3.95. The van der Waals surface area contributed by atoms with Gasteiger partial charge in [-0.3, -0.25) is 0 Å². The highest BCUT2D eigenvalue weighted by Crippen LogP contribution is 2.26. The highest BCUT2D eigenvalue weighted by molar-refractivity contribution is 9.10. The van der Waals surface area contributed by atoms with E-state index in [0.717, 1.165) is 17.5 Å². The van der Waals surface area contributed by atoms with Crippen molar-refractivity contribution in [3.05, 3.63) is 68.9 Å². The van der Waals surface area contributed by atoms with Gasteiger partial charge >= 0.3 is 0 Å². The summed E-state index contributed by atoms with van der Waals surface area (Å²) in [6.07, 6.45) is 0.768. The molecule has 0 aliphatic rings. The first-order chi connectivity index (χ1) is 9.10. The summed E-state index contributed by atoms with van der Waals surface area (Å²) in [6, 6.07) is 12.7. The fourth-order valence-electron chi connectivity index (χ4n) is 1.95. The van der Waals surface area contributed by atoms with Gasteiger partial charge in [0.2, 0.25) is 0 Å². The Kier molecular flexibility index (Phi) is 5.26. The first kappa shape index (κ1) is 14.8. The first-order valence-corrected chi connectivity index (χ1v) is 7.56. The molecule has 1 atom stereocenters. The van der Waals surface area contributed by atoms with E-state index in [1.807, 2.05) is 24.3 Å². The van der Waals surface area contributed by atoms with Gasteiger partial charge in [0.25, 0.3) is 0 Å². The molecule has 0 radical (unpaired) electrons. The minimum absolute atomic E-state index is 0.191. The summed E-state index contributed by atoms with van der Waals surface area (Å²) in [5.41, 5.74) is 2.19. The zero-order valence-corrected chi connectivity index (χ0v) is 13.1. The summed E-state index contributed by atoms with van der Waals surface area (Å²) >= 11 is 15.1. The van der Waals surface area contributed by atoms with Gasteiger partial charge in [0.15, 0.2) is 0 Å². The topological polar surface area (TPSA) is 0 Å². The maximum absolute atomic E-state index is 13.2. The van der Waals surface area contributed by atoms with Crippen LogP contribution in [0, 0.1) is 5.82 Å². The van der Waals surface area contributed by atoms with Gasteiger partial charge in [-0.15, -0.1) is 11.6 Å². The van der Waals surface area contributed by atoms with Crippen molar-refractivity contribution in [1.82, 2.24) is 0 Å². The van der Waals surface area contributed by atoms with Crippen molar-refractivity contribution < 1.29 is 4.39 Å². The van der Waals surface area contributed by atoms with Gasteiger partial charge < -0.3 is 0 Å². The van der Waals surface area contributed by atoms with Gasteiger partial charge in [-0.2, -0.15) is 0 Å². The van der Waals surface area contributed by atoms with Gasteiger partial charge in [-0.1, -0.05) is 29.8 Å². The molecular formula is C15H12BrCl2F. The molecule has 0 heterocycles. The average Bonchev–Trinajstić information content (AvgIpc) is 2.41. The van der Waals surface area contributed by atoms with Crippen molar-refractivity contribution >= 4 is 39.1 Å². The lowest BCUT2D eigenvalue weighted by Crippen LogP contribution is -2.05. The summed E-state index contributed by atoms with van der Waals surface area (Å²) in [4.78, 5) is 0. The normalized spacial score (nSPS) is 12.4. The van der Waals surface area contributed by atoms with Crippen LogP contribution in [-0.2, 0) is 6.42 Å². The minimum atomic E-state index is -0.252. The SMILES string of the molecule is Fc1ccc(CC(CCl)c2ccc(Cl)cc2)cc1Br. The fourth-order valence-corrected chi connectivity index (χ4v) is 2.79. The second kappa shape index (κ2) is 6.74. The van der Waals surface area contributed by atoms with Crippen LogP contribution in [0.15, 0.2) is 46.9 Å². The molecule has 2 aromatic carbocycles. The van der Waals surface area contributed by atoms with Gasteiger partial charge in [0.05, 0.1) is 4.47 Å². The fraction of sp³-hybridized carbons (Fsp3) is 0.200. The Morgan fingerprint density at radius 2 is 1.79 bits per heavy atom. The van der Waals surface area contributed by atoms with Crippen LogP contribution in [0.5, 0.6) is 0 Å². The summed E-state index contributed by atoms with van der Waals surface area (Å²) in [6.45, 7) is 0. The van der Waals surface area contributed by atoms with Crippen LogP contribution >= 0.6 is 39.1 Å². The van der Waals surface area contributed by atoms with Crippen LogP contribution in [0.25, 0.3) is 0 Å². The van der Waals surface area contributed by atoms with Crippen LogP contribution in [0.3, 0.4) is 0 Å². The van der Waals surface area contributed by atoms with Crippen LogP contribution < -0.4 is 0 Å². The quantitative estimate of drug-likeness (QED) is 0.603. The molecule has 0 fully saturated rings. The van der Waals surface area contributed by atoms with Gasteiger partial charge in [0, 0.05) is 16.8 Å². The van der Waals surface area contributed by atoms with E-state index in [9.17, 15) is 4.39 Å². The Bertz CT molecular complexity index is 555. The molecule has 0 aromatic heterocycles. The molecule has 0 aliphatic carbocycles. The number of alkyl halides is 1. The Labute approximate surface area is 130 Å². The van der Waals surface area contributed by atoms with Gasteiger partial charge in [0.1, 0.15) is 5.82 Å². The largest absolute Gasteiger partial charge is 0.206 e. The minimum Gasteiger partial charge on any atom is -0.206 e. The summed E-state index contributed by atoms with van der Waals surface area (Å²) in [7, 11) is 0. The van der Waals surface area contributed by atoms with Crippen molar-refractivity contribution in [3.8, 4) is 0 Å². The number of hydrogen-bond acceptors (Lipinski definition) is 0. The Morgan fingerprint density at radius 1 is 1.11 bits per heavy atom. The van der Waals surface area contributed by atoms with Crippen LogP contribution in [0.1, 0.15) is 17.0 Å². The highest BCUT2D eigenvalue weighted by Gasteiger charge is 2.12. The molecule has 0 nitrogen and oxygen atoms in total. The molecule has 2 rings (SSSR count). The number of hydrogen-bond donors (Lipinski definition) is 0. The van der Waals surface area contributed by atoms with E-state index in [0.29, 0.717) is 15.4 Å². The van der Waals surface area contributed by atoms with E-state index < -0.39 is 0 Å². The second-order valence-electron chi connectivity index (χ2n) is 4.36. The van der Waals surface area contributed by atoms with Crippen molar-refractivity contribution in [1.29, 1.82) is 0 Å². The predicted molar refractivity (Wildman–Crippen MR) is 82.7 cm³/mol. The zero-order chi connectivity index (χ0) is 13.8. The summed E-state index contributed by atoms with van der Waals surface area (Å²) in [5.74, 6) is 0.449. The van der Waals surface area contributed by atoms with Crippen molar-refractivity contribution in [2.75, 3.05) is 5.88 Å². The van der Waals surface area contributed by atoms with Gasteiger partial charge in [-0.25, -0.2) is 4.39 Å². The van der Waals surface area contributed by atoms with E-state index in [-0.39, 0.29) is 11.7 Å². The molecule has 0 N–H and O–H groups in total. The Hall–Kier alpha value is -0.570. The highest BCUT2D eigenvalue weighted by atomic mass is 79.9. The standard InChI is InChI=1S/C15H12BrCl2F/c16-14-8-10(1-6-15(14)19)7-12(9-17)11-2-4-13(18)5-3-11/h1-6,8,12H,7,9H2. The van der Waals surface area contributed by atoms with Crippen LogP contribution in [0.2, 0.25) is 5.02 Å². The van der Waals surface area contributed by atoms with Crippen molar-refractivity contribution in [2.45, 2.75) is 12.3 Å².